The van der Waals surface area contributed by atoms with Gasteiger partial charge in [-0.15, -0.1) is 0 Å². The van der Waals surface area contributed by atoms with E-state index < -0.39 is 37.5 Å². The molecular weight excluding hydrogens is 332 g/mol. The Morgan fingerprint density at radius 3 is 1.83 bits per heavy atom. The highest BCUT2D eigenvalue weighted by Gasteiger charge is 2.31. The molecule has 0 bridgehead atoms. The molecule has 118 valence electrons. The number of halogens is 1. The second kappa shape index (κ2) is 6.23. The van der Waals surface area contributed by atoms with E-state index in [0.29, 0.717) is 12.1 Å². The Kier molecular flexibility index (Phi) is 4.37. The lowest BCUT2D eigenvalue weighted by Gasteiger charge is -2.09. The number of benzene rings is 2. The Labute approximate surface area is 132 Å². The van der Waals surface area contributed by atoms with Gasteiger partial charge in [0.1, 0.15) is 0 Å². The minimum atomic E-state index is -0.945. The van der Waals surface area contributed by atoms with E-state index in [1.165, 1.54) is 12.1 Å². The van der Waals surface area contributed by atoms with Crippen molar-refractivity contribution in [1.29, 1.82) is 0 Å². The second-order valence-electron chi connectivity index (χ2n) is 4.24. The van der Waals surface area contributed by atoms with Gasteiger partial charge in [-0.1, -0.05) is 23.7 Å². The highest BCUT2D eigenvalue weighted by atomic mass is 35.5. The highest BCUT2D eigenvalue weighted by Crippen LogP contribution is 2.41. The molecule has 0 atom stereocenters. The van der Waals surface area contributed by atoms with Crippen LogP contribution < -0.4 is 5.32 Å². The smallest absolute Gasteiger partial charge is 0.306 e. The Morgan fingerprint density at radius 1 is 0.870 bits per heavy atom. The fourth-order valence-electron chi connectivity index (χ4n) is 1.82. The topological polar surface area (TPSA) is 141 Å². The molecule has 2 rings (SSSR count). The molecule has 2 aromatic rings. The van der Waals surface area contributed by atoms with Crippen molar-refractivity contribution in [3.05, 3.63) is 71.8 Å². The number of nitro benzene ring substituents is 3. The Hall–Kier alpha value is -3.27. The lowest BCUT2D eigenvalue weighted by molar-refractivity contribution is -0.401. The number of hydrogen-bond donors (Lipinski definition) is 1. The maximum Gasteiger partial charge on any atom is 0.306 e. The van der Waals surface area contributed by atoms with Crippen LogP contribution in [-0.2, 0) is 0 Å². The van der Waals surface area contributed by atoms with Crippen LogP contribution in [0.5, 0.6) is 0 Å². The van der Waals surface area contributed by atoms with Crippen molar-refractivity contribution in [1.82, 2.24) is 0 Å². The predicted octanol–water partition coefficient (Wildman–Crippen LogP) is 3.81. The van der Waals surface area contributed by atoms with Crippen LogP contribution >= 0.6 is 11.6 Å². The van der Waals surface area contributed by atoms with Gasteiger partial charge < -0.3 is 5.32 Å². The van der Waals surface area contributed by atoms with Gasteiger partial charge in [0.05, 0.1) is 37.6 Å². The molecular formula is C12H7ClN4O6. The van der Waals surface area contributed by atoms with E-state index in [1.807, 2.05) is 0 Å². The molecule has 0 aliphatic rings. The monoisotopic (exact) mass is 338 g/mol. The highest BCUT2D eigenvalue weighted by molar-refractivity contribution is 6.33. The Balaban J connectivity index is 2.69. The molecule has 1 N–H and O–H groups in total. The number of nitrogens with one attached hydrogen (secondary N) is 1. The van der Waals surface area contributed by atoms with E-state index in [0.717, 1.165) is 0 Å². The first-order valence-electron chi connectivity index (χ1n) is 5.94. The first kappa shape index (κ1) is 16.1. The number of hydrogen-bond acceptors (Lipinski definition) is 7. The van der Waals surface area contributed by atoms with E-state index in [2.05, 4.69) is 5.32 Å². The van der Waals surface area contributed by atoms with Crippen molar-refractivity contribution >= 4 is 40.0 Å². The van der Waals surface area contributed by atoms with Gasteiger partial charge in [0, 0.05) is 0 Å². The summed E-state index contributed by atoms with van der Waals surface area (Å²) < 4.78 is 0. The molecule has 0 radical (unpaired) electrons. The van der Waals surface area contributed by atoms with Crippen molar-refractivity contribution in [3.63, 3.8) is 0 Å². The summed E-state index contributed by atoms with van der Waals surface area (Å²) >= 11 is 5.91. The fourth-order valence-corrected chi connectivity index (χ4v) is 2.00. The molecule has 0 aliphatic carbocycles. The molecule has 0 spiro atoms. The number of nitro groups is 3. The number of rotatable bonds is 5. The van der Waals surface area contributed by atoms with E-state index in [4.69, 9.17) is 11.6 Å². The molecule has 0 amide bonds. The molecule has 0 aliphatic heterocycles. The molecule has 10 nitrogen and oxygen atoms in total. The maximum atomic E-state index is 11.1. The van der Waals surface area contributed by atoms with Gasteiger partial charge in [-0.05, 0) is 12.1 Å². The van der Waals surface area contributed by atoms with Gasteiger partial charge in [-0.2, -0.15) is 0 Å². The third kappa shape index (κ3) is 3.32. The number of para-hydroxylation sites is 1. The van der Waals surface area contributed by atoms with Gasteiger partial charge in [-0.3, -0.25) is 30.3 Å². The van der Waals surface area contributed by atoms with Gasteiger partial charge in [0.25, 0.3) is 5.69 Å². The molecule has 0 aromatic heterocycles. The van der Waals surface area contributed by atoms with Crippen LogP contribution in [0.2, 0.25) is 5.02 Å². The molecule has 0 unspecified atom stereocenters. The maximum absolute atomic E-state index is 11.1. The third-order valence-electron chi connectivity index (χ3n) is 2.82. The van der Waals surface area contributed by atoms with Crippen LogP contribution in [0.3, 0.4) is 0 Å². The zero-order valence-corrected chi connectivity index (χ0v) is 11.9. The van der Waals surface area contributed by atoms with Gasteiger partial charge in [0.2, 0.25) is 0 Å². The zero-order valence-electron chi connectivity index (χ0n) is 11.1. The van der Waals surface area contributed by atoms with Crippen LogP contribution in [0.4, 0.5) is 28.4 Å². The summed E-state index contributed by atoms with van der Waals surface area (Å²) in [6, 6.07) is 7.39. The molecule has 0 saturated heterocycles. The summed E-state index contributed by atoms with van der Waals surface area (Å²) in [6.07, 6.45) is 0. The summed E-state index contributed by atoms with van der Waals surface area (Å²) in [6.45, 7) is 0. The van der Waals surface area contributed by atoms with Gasteiger partial charge in [-0.25, -0.2) is 0 Å². The SMILES string of the molecule is O=[N+]([O-])c1cc([N+](=O)[O-])c(Nc2ccccc2Cl)c([N+](=O)[O-])c1. The minimum absolute atomic E-state index is 0.175. The Morgan fingerprint density at radius 2 is 1.39 bits per heavy atom. The number of nitrogens with zero attached hydrogens (tertiary/aromatic N) is 3. The molecule has 0 heterocycles. The first-order valence-corrected chi connectivity index (χ1v) is 6.32. The summed E-state index contributed by atoms with van der Waals surface area (Å²) in [5.74, 6) is 0. The normalized spacial score (nSPS) is 10.1. The first-order chi connectivity index (χ1) is 10.8. The van der Waals surface area contributed by atoms with Crippen molar-refractivity contribution in [2.45, 2.75) is 0 Å². The third-order valence-corrected chi connectivity index (χ3v) is 3.15. The lowest BCUT2D eigenvalue weighted by Crippen LogP contribution is -2.03. The average molecular weight is 339 g/mol. The fraction of sp³-hybridized carbons (Fsp3) is 0. The molecule has 0 fully saturated rings. The van der Waals surface area contributed by atoms with Gasteiger partial charge >= 0.3 is 11.4 Å². The summed E-state index contributed by atoms with van der Waals surface area (Å²) in [4.78, 5) is 30.2. The van der Waals surface area contributed by atoms with Gasteiger partial charge in [0.15, 0.2) is 5.69 Å². The molecule has 23 heavy (non-hydrogen) atoms. The molecule has 11 heteroatoms. The van der Waals surface area contributed by atoms with Crippen LogP contribution in [-0.4, -0.2) is 14.8 Å². The second-order valence-corrected chi connectivity index (χ2v) is 4.64. The average Bonchev–Trinajstić information content (AvgIpc) is 2.48. The largest absolute Gasteiger partial charge is 0.343 e. The van der Waals surface area contributed by atoms with E-state index >= 15 is 0 Å². The minimum Gasteiger partial charge on any atom is -0.343 e. The van der Waals surface area contributed by atoms with Crippen molar-refractivity contribution in [3.8, 4) is 0 Å². The van der Waals surface area contributed by atoms with Crippen molar-refractivity contribution in [2.24, 2.45) is 0 Å². The van der Waals surface area contributed by atoms with E-state index in [1.54, 1.807) is 12.1 Å². The van der Waals surface area contributed by atoms with Crippen molar-refractivity contribution in [2.75, 3.05) is 5.32 Å². The van der Waals surface area contributed by atoms with Crippen LogP contribution in [0.15, 0.2) is 36.4 Å². The predicted molar refractivity (Wildman–Crippen MR) is 81.1 cm³/mol. The van der Waals surface area contributed by atoms with Crippen LogP contribution in [0.1, 0.15) is 0 Å². The van der Waals surface area contributed by atoms with Crippen molar-refractivity contribution < 1.29 is 14.8 Å². The molecule has 0 saturated carbocycles. The summed E-state index contributed by atoms with van der Waals surface area (Å²) in [5, 5.41) is 35.7. The standard InChI is InChI=1S/C12H7ClN4O6/c13-8-3-1-2-4-9(8)14-12-10(16(20)21)5-7(15(18)19)6-11(12)17(22)23/h1-6,14H. The van der Waals surface area contributed by atoms with E-state index in [-0.39, 0.29) is 10.7 Å². The quantitative estimate of drug-likeness (QED) is 0.645. The number of non-ortho nitro benzene ring substituents is 1. The van der Waals surface area contributed by atoms with E-state index in [9.17, 15) is 30.3 Å². The Bertz CT molecular complexity index is 790. The van der Waals surface area contributed by atoms with Crippen LogP contribution in [0.25, 0.3) is 0 Å². The summed E-state index contributed by atoms with van der Waals surface area (Å²) in [5.41, 5.74) is -2.65. The molecule has 2 aromatic carbocycles. The number of anilines is 2. The zero-order chi connectivity index (χ0) is 17.1. The lowest BCUT2D eigenvalue weighted by atomic mass is 10.2. The van der Waals surface area contributed by atoms with Crippen LogP contribution in [0, 0.1) is 30.3 Å². The summed E-state index contributed by atoms with van der Waals surface area (Å²) in [7, 11) is 0.